The number of methoxy groups -OCH3 is 1. The number of rotatable bonds is 5. The number of carbonyl (C=O) groups excluding carboxylic acids is 1. The first kappa shape index (κ1) is 18.7. The van der Waals surface area contributed by atoms with Crippen LogP contribution < -0.4 is 4.74 Å². The monoisotopic (exact) mass is 377 g/mol. The van der Waals surface area contributed by atoms with Gasteiger partial charge >= 0.3 is 5.97 Å². The number of hydrogen-bond acceptors (Lipinski definition) is 5. The largest absolute Gasteiger partial charge is 0.496 e. The molecule has 0 saturated carbocycles. The summed E-state index contributed by atoms with van der Waals surface area (Å²) in [6.45, 7) is 2.74. The zero-order valence-electron chi connectivity index (χ0n) is 15.0. The normalized spacial score (nSPS) is 16.5. The molecule has 7 heteroatoms. The van der Waals surface area contributed by atoms with E-state index in [4.69, 9.17) is 9.47 Å². The highest BCUT2D eigenvalue weighted by atomic mass is 32.2. The summed E-state index contributed by atoms with van der Waals surface area (Å²) in [6, 6.07) is 10.6. The Labute approximate surface area is 153 Å². The third-order valence-electron chi connectivity index (χ3n) is 4.76. The van der Waals surface area contributed by atoms with Gasteiger partial charge in [0, 0.05) is 23.9 Å². The SMILES string of the molecule is CCOC(=O)C1CCN(S(=O)(=O)c2ccc(OC)c3ccccc23)CC1. The third-order valence-corrected chi connectivity index (χ3v) is 6.71. The van der Waals surface area contributed by atoms with Crippen molar-refractivity contribution in [2.75, 3.05) is 26.8 Å². The zero-order valence-corrected chi connectivity index (χ0v) is 15.8. The second kappa shape index (κ2) is 7.63. The first-order chi connectivity index (χ1) is 12.5. The number of ether oxygens (including phenoxy) is 2. The third kappa shape index (κ3) is 3.41. The number of fused-ring (bicyclic) bond motifs is 1. The molecule has 1 aliphatic heterocycles. The fourth-order valence-electron chi connectivity index (χ4n) is 3.38. The Bertz CT molecular complexity index is 901. The average molecular weight is 377 g/mol. The highest BCUT2D eigenvalue weighted by Crippen LogP contribution is 2.33. The lowest BCUT2D eigenvalue weighted by Crippen LogP contribution is -2.40. The summed E-state index contributed by atoms with van der Waals surface area (Å²) in [6.07, 6.45) is 0.957. The molecule has 1 heterocycles. The Morgan fingerprint density at radius 3 is 2.38 bits per heavy atom. The van der Waals surface area contributed by atoms with Gasteiger partial charge in [-0.1, -0.05) is 24.3 Å². The smallest absolute Gasteiger partial charge is 0.309 e. The first-order valence-corrected chi connectivity index (χ1v) is 10.2. The summed E-state index contributed by atoms with van der Waals surface area (Å²) in [5, 5.41) is 1.40. The van der Waals surface area contributed by atoms with Gasteiger partial charge in [0.1, 0.15) is 5.75 Å². The molecule has 0 bridgehead atoms. The number of hydrogen-bond donors (Lipinski definition) is 0. The molecule has 0 spiro atoms. The number of benzene rings is 2. The highest BCUT2D eigenvalue weighted by Gasteiger charge is 2.33. The van der Waals surface area contributed by atoms with E-state index in [-0.39, 0.29) is 16.8 Å². The van der Waals surface area contributed by atoms with Crippen LogP contribution in [0.15, 0.2) is 41.3 Å². The van der Waals surface area contributed by atoms with E-state index in [1.807, 2.05) is 18.2 Å². The predicted octanol–water partition coefficient (Wildman–Crippen LogP) is 2.81. The summed E-state index contributed by atoms with van der Waals surface area (Å²) in [4.78, 5) is 12.1. The van der Waals surface area contributed by atoms with Crippen LogP contribution >= 0.6 is 0 Å². The molecule has 140 valence electrons. The summed E-state index contributed by atoms with van der Waals surface area (Å²) in [5.41, 5.74) is 0. The predicted molar refractivity (Wildman–Crippen MR) is 98.6 cm³/mol. The van der Waals surface area contributed by atoms with Crippen LogP contribution in [-0.4, -0.2) is 45.5 Å². The number of carbonyl (C=O) groups is 1. The van der Waals surface area contributed by atoms with E-state index in [2.05, 4.69) is 0 Å². The molecule has 0 aliphatic carbocycles. The van der Waals surface area contributed by atoms with Gasteiger partial charge in [0.15, 0.2) is 0 Å². The van der Waals surface area contributed by atoms with Crippen molar-refractivity contribution in [3.63, 3.8) is 0 Å². The second-order valence-electron chi connectivity index (χ2n) is 6.24. The van der Waals surface area contributed by atoms with Crippen LogP contribution in [0.1, 0.15) is 19.8 Å². The number of esters is 1. The van der Waals surface area contributed by atoms with Crippen LogP contribution in [0.2, 0.25) is 0 Å². The Kier molecular flexibility index (Phi) is 5.48. The molecule has 1 saturated heterocycles. The molecule has 0 aromatic heterocycles. The summed E-state index contributed by atoms with van der Waals surface area (Å²) < 4.78 is 38.2. The van der Waals surface area contributed by atoms with Crippen molar-refractivity contribution in [2.45, 2.75) is 24.7 Å². The van der Waals surface area contributed by atoms with E-state index in [1.165, 1.54) is 4.31 Å². The van der Waals surface area contributed by atoms with Gasteiger partial charge in [0.25, 0.3) is 0 Å². The van der Waals surface area contributed by atoms with Crippen LogP contribution in [-0.2, 0) is 19.6 Å². The van der Waals surface area contributed by atoms with Crippen molar-refractivity contribution in [1.82, 2.24) is 4.31 Å². The van der Waals surface area contributed by atoms with Gasteiger partial charge < -0.3 is 9.47 Å². The molecule has 0 atom stereocenters. The minimum atomic E-state index is -3.65. The molecule has 0 unspecified atom stereocenters. The van der Waals surface area contributed by atoms with Crippen LogP contribution in [0.5, 0.6) is 5.75 Å². The summed E-state index contributed by atoms with van der Waals surface area (Å²) >= 11 is 0. The number of piperidine rings is 1. The zero-order chi connectivity index (χ0) is 18.7. The Morgan fingerprint density at radius 1 is 1.12 bits per heavy atom. The van der Waals surface area contributed by atoms with Gasteiger partial charge in [0.2, 0.25) is 10.0 Å². The Morgan fingerprint density at radius 2 is 1.77 bits per heavy atom. The van der Waals surface area contributed by atoms with Crippen LogP contribution in [0.4, 0.5) is 0 Å². The lowest BCUT2D eigenvalue weighted by molar-refractivity contribution is -0.149. The van der Waals surface area contributed by atoms with Gasteiger partial charge in [-0.3, -0.25) is 4.79 Å². The van der Waals surface area contributed by atoms with Crippen LogP contribution in [0.25, 0.3) is 10.8 Å². The lowest BCUT2D eigenvalue weighted by Gasteiger charge is -2.30. The molecule has 1 fully saturated rings. The molecule has 26 heavy (non-hydrogen) atoms. The van der Waals surface area contributed by atoms with Gasteiger partial charge in [-0.15, -0.1) is 0 Å². The molecule has 2 aromatic rings. The van der Waals surface area contributed by atoms with Gasteiger partial charge in [-0.25, -0.2) is 8.42 Å². The Balaban J connectivity index is 1.88. The van der Waals surface area contributed by atoms with Crippen molar-refractivity contribution in [1.29, 1.82) is 0 Å². The topological polar surface area (TPSA) is 72.9 Å². The van der Waals surface area contributed by atoms with E-state index >= 15 is 0 Å². The average Bonchev–Trinajstić information content (AvgIpc) is 2.67. The van der Waals surface area contributed by atoms with E-state index < -0.39 is 10.0 Å². The molecular weight excluding hydrogens is 354 g/mol. The number of sulfonamides is 1. The maximum absolute atomic E-state index is 13.2. The second-order valence-corrected chi connectivity index (χ2v) is 8.15. The molecular formula is C19H23NO5S. The molecule has 0 amide bonds. The van der Waals surface area contributed by atoms with Crippen molar-refractivity contribution < 1.29 is 22.7 Å². The molecule has 3 rings (SSSR count). The number of nitrogens with zero attached hydrogens (tertiary/aromatic N) is 1. The minimum Gasteiger partial charge on any atom is -0.496 e. The fourth-order valence-corrected chi connectivity index (χ4v) is 5.04. The van der Waals surface area contributed by atoms with Gasteiger partial charge in [0.05, 0.1) is 24.5 Å². The summed E-state index contributed by atoms with van der Waals surface area (Å²) in [5.74, 6) is 0.175. The van der Waals surface area contributed by atoms with E-state index in [0.717, 1.165) is 5.39 Å². The molecule has 6 nitrogen and oxygen atoms in total. The first-order valence-electron chi connectivity index (χ1n) is 8.71. The summed E-state index contributed by atoms with van der Waals surface area (Å²) in [7, 11) is -2.08. The molecule has 2 aromatic carbocycles. The maximum Gasteiger partial charge on any atom is 0.309 e. The van der Waals surface area contributed by atoms with Gasteiger partial charge in [-0.2, -0.15) is 4.31 Å². The van der Waals surface area contributed by atoms with Gasteiger partial charge in [-0.05, 0) is 31.9 Å². The quantitative estimate of drug-likeness (QED) is 0.749. The molecule has 0 radical (unpaired) electrons. The molecule has 0 N–H and O–H groups in total. The van der Waals surface area contributed by atoms with E-state index in [0.29, 0.717) is 43.7 Å². The van der Waals surface area contributed by atoms with Crippen molar-refractivity contribution in [2.24, 2.45) is 5.92 Å². The standard InChI is InChI=1S/C19H23NO5S/c1-3-25-19(21)14-10-12-20(13-11-14)26(22,23)18-9-8-17(24-2)15-6-4-5-7-16(15)18/h4-9,14H,3,10-13H2,1-2H3. The van der Waals surface area contributed by atoms with Crippen molar-refractivity contribution >= 4 is 26.8 Å². The minimum absolute atomic E-state index is 0.228. The Hall–Kier alpha value is -2.12. The maximum atomic E-state index is 13.2. The van der Waals surface area contributed by atoms with Crippen LogP contribution in [0.3, 0.4) is 0 Å². The highest BCUT2D eigenvalue weighted by molar-refractivity contribution is 7.89. The van der Waals surface area contributed by atoms with E-state index in [1.54, 1.807) is 32.2 Å². The lowest BCUT2D eigenvalue weighted by atomic mass is 9.98. The van der Waals surface area contributed by atoms with Crippen molar-refractivity contribution in [3.8, 4) is 5.75 Å². The van der Waals surface area contributed by atoms with Crippen molar-refractivity contribution in [3.05, 3.63) is 36.4 Å². The fraction of sp³-hybridized carbons (Fsp3) is 0.421. The van der Waals surface area contributed by atoms with E-state index in [9.17, 15) is 13.2 Å². The molecule has 1 aliphatic rings. The van der Waals surface area contributed by atoms with Crippen LogP contribution in [0, 0.1) is 5.92 Å².